The molecule has 1 atom stereocenters. The Kier molecular flexibility index (Phi) is 8.20. The summed E-state index contributed by atoms with van der Waals surface area (Å²) in [6.45, 7) is -1.03. The molecule has 4 rings (SSSR count). The summed E-state index contributed by atoms with van der Waals surface area (Å²) in [5.74, 6) is -0.953. The van der Waals surface area contributed by atoms with Crippen molar-refractivity contribution in [1.82, 2.24) is 14.0 Å². The van der Waals surface area contributed by atoms with Crippen molar-refractivity contribution >= 4 is 32.2 Å². The number of piperazine rings is 1. The second-order valence-corrected chi connectivity index (χ2v) is 12.3. The molecule has 0 spiro atoms. The molecule has 0 unspecified atom stereocenters. The van der Waals surface area contributed by atoms with Gasteiger partial charge in [0.15, 0.2) is 0 Å². The number of halogens is 3. The zero-order chi connectivity index (χ0) is 28.3. The van der Waals surface area contributed by atoms with E-state index in [0.717, 1.165) is 27.0 Å². The van der Waals surface area contributed by atoms with Crippen molar-refractivity contribution in [3.8, 4) is 0 Å². The first kappa shape index (κ1) is 28.4. The number of hydrazone groups is 1. The molecule has 0 bridgehead atoms. The van der Waals surface area contributed by atoms with Crippen LogP contribution in [0.15, 0.2) is 99.8 Å². The zero-order valence-corrected chi connectivity index (χ0v) is 21.8. The molecular formula is C25H23F3N4O5S2. The van der Waals surface area contributed by atoms with Gasteiger partial charge < -0.3 is 0 Å². The summed E-state index contributed by atoms with van der Waals surface area (Å²) in [5.41, 5.74) is 1.27. The lowest BCUT2D eigenvalue weighted by Crippen LogP contribution is -2.60. The predicted molar refractivity (Wildman–Crippen MR) is 137 cm³/mol. The van der Waals surface area contributed by atoms with Crippen LogP contribution in [0.3, 0.4) is 0 Å². The standard InChI is InChI=1S/C25H23F3N4O5S2/c26-25(27,28)20-9-7-8-19(16-20)17-29-30-24(33)23-18-31(38(34,35)21-10-3-1-4-11-21)14-15-32(23)39(36,37)22-12-5-2-6-13-22/h1-13,16-17,23H,14-15,18H2,(H,30,33)/b29-17-/t23-/m0/s1. The van der Waals surface area contributed by atoms with Crippen molar-refractivity contribution in [2.45, 2.75) is 22.0 Å². The topological polar surface area (TPSA) is 116 Å². The first-order chi connectivity index (χ1) is 18.4. The molecule has 14 heteroatoms. The smallest absolute Gasteiger partial charge is 0.271 e. The van der Waals surface area contributed by atoms with Crippen LogP contribution in [0.5, 0.6) is 0 Å². The SMILES string of the molecule is O=C(N/N=C\c1cccc(C(F)(F)F)c1)[C@@H]1CN(S(=O)(=O)c2ccccc2)CCN1S(=O)(=O)c1ccccc1. The van der Waals surface area contributed by atoms with Gasteiger partial charge in [-0.15, -0.1) is 0 Å². The molecule has 1 aliphatic rings. The highest BCUT2D eigenvalue weighted by Crippen LogP contribution is 2.29. The van der Waals surface area contributed by atoms with Crippen molar-refractivity contribution < 1.29 is 34.8 Å². The Labute approximate surface area is 223 Å². The number of rotatable bonds is 7. The second kappa shape index (κ2) is 11.3. The Balaban J connectivity index is 1.61. The second-order valence-electron chi connectivity index (χ2n) is 8.48. The van der Waals surface area contributed by atoms with Crippen LogP contribution in [0.4, 0.5) is 13.2 Å². The lowest BCUT2D eigenvalue weighted by Gasteiger charge is -2.38. The monoisotopic (exact) mass is 580 g/mol. The van der Waals surface area contributed by atoms with E-state index in [1.54, 1.807) is 12.1 Å². The van der Waals surface area contributed by atoms with Gasteiger partial charge in [0.25, 0.3) is 5.91 Å². The maximum absolute atomic E-state index is 13.4. The molecule has 9 nitrogen and oxygen atoms in total. The largest absolute Gasteiger partial charge is 0.416 e. The maximum atomic E-state index is 13.4. The molecule has 0 aliphatic carbocycles. The van der Waals surface area contributed by atoms with Gasteiger partial charge >= 0.3 is 6.18 Å². The van der Waals surface area contributed by atoms with E-state index >= 15 is 0 Å². The number of carbonyl (C=O) groups is 1. The van der Waals surface area contributed by atoms with Crippen molar-refractivity contribution in [3.63, 3.8) is 0 Å². The Morgan fingerprint density at radius 3 is 2.03 bits per heavy atom. The first-order valence-electron chi connectivity index (χ1n) is 11.5. The lowest BCUT2D eigenvalue weighted by molar-refractivity contribution is -0.137. The number of benzene rings is 3. The van der Waals surface area contributed by atoms with Crippen molar-refractivity contribution in [1.29, 1.82) is 0 Å². The molecule has 1 fully saturated rings. The number of nitrogens with one attached hydrogen (secondary N) is 1. The van der Waals surface area contributed by atoms with E-state index in [1.807, 2.05) is 0 Å². The van der Waals surface area contributed by atoms with Crippen molar-refractivity contribution in [2.75, 3.05) is 19.6 Å². The predicted octanol–water partition coefficient (Wildman–Crippen LogP) is 2.92. The van der Waals surface area contributed by atoms with Crippen molar-refractivity contribution in [2.24, 2.45) is 5.10 Å². The van der Waals surface area contributed by atoms with Gasteiger partial charge in [0.1, 0.15) is 6.04 Å². The van der Waals surface area contributed by atoms with Gasteiger partial charge in [-0.05, 0) is 42.0 Å². The fourth-order valence-electron chi connectivity index (χ4n) is 3.97. The van der Waals surface area contributed by atoms with E-state index in [0.29, 0.717) is 0 Å². The molecule has 1 amide bonds. The number of carbonyl (C=O) groups excluding carboxylic acids is 1. The third kappa shape index (κ3) is 6.36. The highest BCUT2D eigenvalue weighted by atomic mass is 32.2. The third-order valence-electron chi connectivity index (χ3n) is 5.93. The molecule has 1 N–H and O–H groups in total. The molecule has 3 aromatic rings. The van der Waals surface area contributed by atoms with Gasteiger partial charge in [-0.25, -0.2) is 22.3 Å². The van der Waals surface area contributed by atoms with Crippen LogP contribution in [0.2, 0.25) is 0 Å². The first-order valence-corrected chi connectivity index (χ1v) is 14.4. The molecule has 0 radical (unpaired) electrons. The van der Waals surface area contributed by atoms with Gasteiger partial charge in [0.2, 0.25) is 20.0 Å². The summed E-state index contributed by atoms with van der Waals surface area (Å²) in [6.07, 6.45) is -3.60. The maximum Gasteiger partial charge on any atom is 0.416 e. The van der Waals surface area contributed by atoms with Gasteiger partial charge in [-0.3, -0.25) is 4.79 Å². The number of hydrogen-bond acceptors (Lipinski definition) is 6. The molecule has 39 heavy (non-hydrogen) atoms. The normalized spacial score (nSPS) is 17.8. The van der Waals surface area contributed by atoms with E-state index < -0.39 is 50.3 Å². The fourth-order valence-corrected chi connectivity index (χ4v) is 7.02. The number of nitrogens with zero attached hydrogens (tertiary/aromatic N) is 3. The van der Waals surface area contributed by atoms with Gasteiger partial charge in [-0.1, -0.05) is 48.5 Å². The minimum atomic E-state index is -4.57. The van der Waals surface area contributed by atoms with Gasteiger partial charge in [0.05, 0.1) is 21.6 Å². The molecule has 0 saturated carbocycles. The summed E-state index contributed by atoms with van der Waals surface area (Å²) in [7, 11) is -8.27. The number of hydrogen-bond donors (Lipinski definition) is 1. The summed E-state index contributed by atoms with van der Waals surface area (Å²) in [5, 5.41) is 3.69. The number of sulfonamides is 2. The van der Waals surface area contributed by atoms with Crippen LogP contribution >= 0.6 is 0 Å². The Morgan fingerprint density at radius 2 is 1.44 bits per heavy atom. The molecule has 1 saturated heterocycles. The quantitative estimate of drug-likeness (QED) is 0.341. The molecular weight excluding hydrogens is 557 g/mol. The van der Waals surface area contributed by atoms with E-state index in [-0.39, 0.29) is 28.4 Å². The Bertz CT molecular complexity index is 1570. The summed E-state index contributed by atoms with van der Waals surface area (Å²) in [6, 6.07) is 17.5. The van der Waals surface area contributed by atoms with Crippen LogP contribution < -0.4 is 5.43 Å². The van der Waals surface area contributed by atoms with E-state index in [9.17, 15) is 34.8 Å². The van der Waals surface area contributed by atoms with Crippen LogP contribution in [0, 0.1) is 0 Å². The molecule has 3 aromatic carbocycles. The number of alkyl halides is 3. The van der Waals surface area contributed by atoms with Crippen LogP contribution in [-0.2, 0) is 31.0 Å². The lowest BCUT2D eigenvalue weighted by atomic mass is 10.1. The Morgan fingerprint density at radius 1 is 0.846 bits per heavy atom. The minimum absolute atomic E-state index is 0.0221. The molecule has 206 valence electrons. The average Bonchev–Trinajstić information content (AvgIpc) is 2.93. The minimum Gasteiger partial charge on any atom is -0.271 e. The van der Waals surface area contributed by atoms with E-state index in [1.165, 1.54) is 60.7 Å². The van der Waals surface area contributed by atoms with Crippen LogP contribution in [-0.4, -0.2) is 63.2 Å². The summed E-state index contributed by atoms with van der Waals surface area (Å²) < 4.78 is 94.0. The molecule has 1 aliphatic heterocycles. The van der Waals surface area contributed by atoms with E-state index in [2.05, 4.69) is 10.5 Å². The highest BCUT2D eigenvalue weighted by molar-refractivity contribution is 7.89. The third-order valence-corrected chi connectivity index (χ3v) is 9.73. The Hall–Kier alpha value is -3.59. The van der Waals surface area contributed by atoms with E-state index in [4.69, 9.17) is 0 Å². The van der Waals surface area contributed by atoms with Gasteiger partial charge in [-0.2, -0.15) is 26.9 Å². The highest BCUT2D eigenvalue weighted by Gasteiger charge is 2.43. The number of amides is 1. The summed E-state index contributed by atoms with van der Waals surface area (Å²) in [4.78, 5) is 13.1. The average molecular weight is 581 g/mol. The summed E-state index contributed by atoms with van der Waals surface area (Å²) >= 11 is 0. The van der Waals surface area contributed by atoms with Crippen molar-refractivity contribution in [3.05, 3.63) is 96.1 Å². The zero-order valence-electron chi connectivity index (χ0n) is 20.2. The van der Waals surface area contributed by atoms with Crippen LogP contribution in [0.1, 0.15) is 11.1 Å². The van der Waals surface area contributed by atoms with Gasteiger partial charge in [0, 0.05) is 19.6 Å². The fraction of sp³-hybridized carbons (Fsp3) is 0.200. The van der Waals surface area contributed by atoms with Crippen LogP contribution in [0.25, 0.3) is 0 Å². The molecule has 0 aromatic heterocycles. The molecule has 1 heterocycles.